The molecule has 0 radical (unpaired) electrons. The van der Waals surface area contributed by atoms with Gasteiger partial charge in [-0.15, -0.1) is 0 Å². The highest BCUT2D eigenvalue weighted by Crippen LogP contribution is 2.02. The maximum absolute atomic E-state index is 11.6. The van der Waals surface area contributed by atoms with Crippen molar-refractivity contribution in [2.75, 3.05) is 13.1 Å². The molecule has 88 valence electrons. The van der Waals surface area contributed by atoms with Gasteiger partial charge in [0.15, 0.2) is 0 Å². The van der Waals surface area contributed by atoms with Gasteiger partial charge >= 0.3 is 0 Å². The van der Waals surface area contributed by atoms with Crippen LogP contribution in [0.1, 0.15) is 33.1 Å². The Morgan fingerprint density at radius 2 is 1.73 bits per heavy atom. The molecule has 0 aromatic rings. The van der Waals surface area contributed by atoms with Crippen molar-refractivity contribution >= 4 is 11.8 Å². The first-order valence-corrected chi connectivity index (χ1v) is 5.28. The number of nitrogens with zero attached hydrogens (tertiary/aromatic N) is 1. The van der Waals surface area contributed by atoms with Crippen LogP contribution in [-0.4, -0.2) is 41.0 Å². The summed E-state index contributed by atoms with van der Waals surface area (Å²) in [5.41, 5.74) is 4.91. The molecule has 0 aliphatic carbocycles. The van der Waals surface area contributed by atoms with Crippen molar-refractivity contribution in [1.29, 1.82) is 0 Å². The fourth-order valence-corrected chi connectivity index (χ4v) is 1.36. The predicted octanol–water partition coefficient (Wildman–Crippen LogP) is -0.129. The Labute approximate surface area is 90.2 Å². The van der Waals surface area contributed by atoms with Gasteiger partial charge in [0.1, 0.15) is 6.10 Å². The molecule has 0 aliphatic rings. The largest absolute Gasteiger partial charge is 0.383 e. The maximum Gasteiger partial charge on any atom is 0.251 e. The highest BCUT2D eigenvalue weighted by molar-refractivity contribution is 5.86. The average Bonchev–Trinajstić information content (AvgIpc) is 2.15. The van der Waals surface area contributed by atoms with E-state index in [-0.39, 0.29) is 6.42 Å². The van der Waals surface area contributed by atoms with E-state index in [1.807, 2.05) is 13.8 Å². The Balaban J connectivity index is 4.27. The van der Waals surface area contributed by atoms with Crippen LogP contribution in [-0.2, 0) is 9.59 Å². The van der Waals surface area contributed by atoms with E-state index in [2.05, 4.69) is 0 Å². The van der Waals surface area contributed by atoms with Gasteiger partial charge < -0.3 is 15.7 Å². The molecule has 0 spiro atoms. The van der Waals surface area contributed by atoms with Crippen LogP contribution in [0.4, 0.5) is 0 Å². The summed E-state index contributed by atoms with van der Waals surface area (Å²) in [6.07, 6.45) is 0.0629. The first kappa shape index (κ1) is 13.9. The molecule has 5 heteroatoms. The molecule has 3 N–H and O–H groups in total. The van der Waals surface area contributed by atoms with Gasteiger partial charge in [0.2, 0.25) is 5.91 Å². The summed E-state index contributed by atoms with van der Waals surface area (Å²) in [7, 11) is 0. The van der Waals surface area contributed by atoms with Crippen LogP contribution in [0.3, 0.4) is 0 Å². The van der Waals surface area contributed by atoms with E-state index in [9.17, 15) is 14.7 Å². The van der Waals surface area contributed by atoms with Crippen molar-refractivity contribution in [1.82, 2.24) is 4.90 Å². The molecule has 0 aromatic carbocycles. The highest BCUT2D eigenvalue weighted by atomic mass is 16.3. The fourth-order valence-electron chi connectivity index (χ4n) is 1.36. The average molecular weight is 216 g/mol. The van der Waals surface area contributed by atoms with Gasteiger partial charge in [-0.1, -0.05) is 13.8 Å². The van der Waals surface area contributed by atoms with Crippen molar-refractivity contribution in [3.05, 3.63) is 0 Å². The van der Waals surface area contributed by atoms with Gasteiger partial charge in [0.05, 0.1) is 6.42 Å². The molecule has 0 saturated heterocycles. The summed E-state index contributed by atoms with van der Waals surface area (Å²) in [6.45, 7) is 5.11. The number of carbonyl (C=O) groups excluding carboxylic acids is 2. The quantitative estimate of drug-likeness (QED) is 0.622. The smallest absolute Gasteiger partial charge is 0.251 e. The number of aliphatic hydroxyl groups excluding tert-OH is 1. The number of nitrogens with two attached hydrogens (primary N) is 1. The molecule has 0 saturated carbocycles. The summed E-state index contributed by atoms with van der Waals surface area (Å²) in [6, 6.07) is 0. The standard InChI is InChI=1S/C10H20N2O3/c1-3-5-12(6-4-2)10(15)8(13)7-9(11)14/h8,13H,3-7H2,1-2H3,(H2,11,14). The van der Waals surface area contributed by atoms with E-state index in [0.717, 1.165) is 12.8 Å². The molecule has 15 heavy (non-hydrogen) atoms. The fraction of sp³-hybridized carbons (Fsp3) is 0.800. The number of rotatable bonds is 7. The highest BCUT2D eigenvalue weighted by Gasteiger charge is 2.22. The number of aliphatic hydroxyl groups is 1. The Bertz CT molecular complexity index is 213. The van der Waals surface area contributed by atoms with Crippen LogP contribution < -0.4 is 5.73 Å². The Kier molecular flexibility index (Phi) is 6.70. The van der Waals surface area contributed by atoms with Gasteiger partial charge in [-0.25, -0.2) is 0 Å². The number of amides is 2. The zero-order valence-corrected chi connectivity index (χ0v) is 9.40. The summed E-state index contributed by atoms with van der Waals surface area (Å²) in [5.74, 6) is -1.07. The number of hydrogen-bond acceptors (Lipinski definition) is 3. The lowest BCUT2D eigenvalue weighted by Gasteiger charge is -2.23. The molecular formula is C10H20N2O3. The van der Waals surface area contributed by atoms with Gasteiger partial charge in [0, 0.05) is 13.1 Å². The topological polar surface area (TPSA) is 83.6 Å². The first-order chi connectivity index (χ1) is 7.02. The lowest BCUT2D eigenvalue weighted by molar-refractivity contribution is -0.142. The SMILES string of the molecule is CCCN(CCC)C(=O)C(O)CC(N)=O. The van der Waals surface area contributed by atoms with Crippen LogP contribution in [0, 0.1) is 0 Å². The molecule has 2 amide bonds. The van der Waals surface area contributed by atoms with E-state index in [4.69, 9.17) is 5.73 Å². The van der Waals surface area contributed by atoms with Crippen molar-refractivity contribution in [2.24, 2.45) is 5.73 Å². The van der Waals surface area contributed by atoms with Crippen molar-refractivity contribution in [2.45, 2.75) is 39.2 Å². The second kappa shape index (κ2) is 7.23. The number of primary amides is 1. The van der Waals surface area contributed by atoms with Gasteiger partial charge in [-0.05, 0) is 12.8 Å². The van der Waals surface area contributed by atoms with Crippen molar-refractivity contribution in [3.63, 3.8) is 0 Å². The van der Waals surface area contributed by atoms with Gasteiger partial charge in [-0.3, -0.25) is 9.59 Å². The minimum Gasteiger partial charge on any atom is -0.383 e. The molecule has 0 aromatic heterocycles. The molecule has 1 unspecified atom stereocenters. The second-order valence-corrected chi connectivity index (χ2v) is 3.51. The van der Waals surface area contributed by atoms with Crippen LogP contribution in [0.2, 0.25) is 0 Å². The van der Waals surface area contributed by atoms with Crippen LogP contribution >= 0.6 is 0 Å². The molecule has 5 nitrogen and oxygen atoms in total. The molecule has 0 heterocycles. The molecule has 0 rings (SSSR count). The number of hydrogen-bond donors (Lipinski definition) is 2. The summed E-state index contributed by atoms with van der Waals surface area (Å²) in [5, 5.41) is 9.42. The van der Waals surface area contributed by atoms with E-state index < -0.39 is 17.9 Å². The third-order valence-electron chi connectivity index (χ3n) is 1.98. The third kappa shape index (κ3) is 5.37. The maximum atomic E-state index is 11.6. The normalized spacial score (nSPS) is 12.2. The zero-order valence-electron chi connectivity index (χ0n) is 9.40. The molecule has 0 fully saturated rings. The molecule has 0 aliphatic heterocycles. The van der Waals surface area contributed by atoms with E-state index >= 15 is 0 Å². The lowest BCUT2D eigenvalue weighted by atomic mass is 10.2. The summed E-state index contributed by atoms with van der Waals surface area (Å²) < 4.78 is 0. The minimum absolute atomic E-state index is 0.303. The van der Waals surface area contributed by atoms with E-state index in [1.165, 1.54) is 0 Å². The first-order valence-electron chi connectivity index (χ1n) is 5.28. The van der Waals surface area contributed by atoms with E-state index in [1.54, 1.807) is 4.90 Å². The van der Waals surface area contributed by atoms with Crippen molar-refractivity contribution < 1.29 is 14.7 Å². The predicted molar refractivity (Wildman–Crippen MR) is 57.0 cm³/mol. The zero-order chi connectivity index (χ0) is 11.8. The second-order valence-electron chi connectivity index (χ2n) is 3.51. The van der Waals surface area contributed by atoms with Gasteiger partial charge in [0.25, 0.3) is 5.91 Å². The van der Waals surface area contributed by atoms with Crippen LogP contribution in [0.25, 0.3) is 0 Å². The Morgan fingerprint density at radius 1 is 1.27 bits per heavy atom. The lowest BCUT2D eigenvalue weighted by Crippen LogP contribution is -2.41. The Morgan fingerprint density at radius 3 is 2.07 bits per heavy atom. The van der Waals surface area contributed by atoms with Crippen molar-refractivity contribution in [3.8, 4) is 0 Å². The third-order valence-corrected chi connectivity index (χ3v) is 1.98. The molecule has 0 bridgehead atoms. The summed E-state index contributed by atoms with van der Waals surface area (Å²) >= 11 is 0. The monoisotopic (exact) mass is 216 g/mol. The van der Waals surface area contributed by atoms with E-state index in [0.29, 0.717) is 13.1 Å². The van der Waals surface area contributed by atoms with Gasteiger partial charge in [-0.2, -0.15) is 0 Å². The minimum atomic E-state index is -1.29. The van der Waals surface area contributed by atoms with Crippen LogP contribution in [0.15, 0.2) is 0 Å². The molecular weight excluding hydrogens is 196 g/mol. The summed E-state index contributed by atoms with van der Waals surface area (Å²) in [4.78, 5) is 23.7. The molecule has 1 atom stereocenters. The number of carbonyl (C=O) groups is 2. The Hall–Kier alpha value is -1.10. The van der Waals surface area contributed by atoms with Crippen LogP contribution in [0.5, 0.6) is 0 Å².